The Morgan fingerprint density at radius 3 is 2.04 bits per heavy atom. The number of hydrogen-bond acceptors (Lipinski definition) is 4. The highest BCUT2D eigenvalue weighted by Crippen LogP contribution is 2.19. The van der Waals surface area contributed by atoms with Gasteiger partial charge in [-0.25, -0.2) is 32.5 Å². The second-order valence-corrected chi connectivity index (χ2v) is 5.82. The molecule has 0 radical (unpaired) electrons. The molecule has 0 aliphatic rings. The van der Waals surface area contributed by atoms with Gasteiger partial charge in [0.2, 0.25) is 5.91 Å². The van der Waals surface area contributed by atoms with Gasteiger partial charge in [0, 0.05) is 5.69 Å². The molecule has 0 aliphatic heterocycles. The summed E-state index contributed by atoms with van der Waals surface area (Å²) in [5.74, 6) is -1.39. The number of allylic oxidation sites excluding steroid dienone is 2. The lowest BCUT2D eigenvalue weighted by Crippen LogP contribution is -2.55. The molecule has 1 amide bonds. The van der Waals surface area contributed by atoms with Crippen molar-refractivity contribution in [1.29, 1.82) is 0 Å². The highest BCUT2D eigenvalue weighted by atomic mass is 35.5. The quantitative estimate of drug-likeness (QED) is 0.708. The van der Waals surface area contributed by atoms with Crippen LogP contribution in [0.4, 0.5) is 10.1 Å². The predicted molar refractivity (Wildman–Crippen MR) is 99.7 cm³/mol. The monoisotopic (exact) mass is 394 g/mol. The third-order valence-electron chi connectivity index (χ3n) is 3.51. The van der Waals surface area contributed by atoms with E-state index in [2.05, 4.69) is 18.5 Å². The fourth-order valence-electron chi connectivity index (χ4n) is 2.31. The van der Waals surface area contributed by atoms with E-state index >= 15 is 0 Å². The molecule has 2 rings (SSSR count). The summed E-state index contributed by atoms with van der Waals surface area (Å²) in [6.45, 7) is 6.00. The molecule has 1 N–H and O–H groups in total. The zero-order valence-electron chi connectivity index (χ0n) is 14.2. The molecule has 27 heavy (non-hydrogen) atoms. The Hall–Kier alpha value is -3.20. The standard InChI is InChI=1S/C17H16ClFN4O4/c1-3-7-21-15(25)22(8-4-2)17(27)23(16(21)26)10-14(24)20-11-5-6-13(19)12(18)9-11/h3-6,9H,1-2,7-8,10H2,(H,20,24). The summed E-state index contributed by atoms with van der Waals surface area (Å²) < 4.78 is 15.4. The van der Waals surface area contributed by atoms with Gasteiger partial charge < -0.3 is 5.32 Å². The van der Waals surface area contributed by atoms with Crippen LogP contribution in [0.25, 0.3) is 0 Å². The third-order valence-corrected chi connectivity index (χ3v) is 3.80. The lowest BCUT2D eigenvalue weighted by molar-refractivity contribution is -0.116. The molecule has 0 fully saturated rings. The van der Waals surface area contributed by atoms with Gasteiger partial charge in [0.15, 0.2) is 0 Å². The van der Waals surface area contributed by atoms with Crippen molar-refractivity contribution in [3.05, 3.63) is 85.8 Å². The van der Waals surface area contributed by atoms with Crippen LogP contribution in [-0.4, -0.2) is 19.6 Å². The van der Waals surface area contributed by atoms with Gasteiger partial charge in [-0.05, 0) is 18.2 Å². The smallest absolute Gasteiger partial charge is 0.324 e. The molecular formula is C17H16ClFN4O4. The summed E-state index contributed by atoms with van der Waals surface area (Å²) in [6, 6.07) is 3.52. The van der Waals surface area contributed by atoms with Crippen molar-refractivity contribution in [3.8, 4) is 0 Å². The Morgan fingerprint density at radius 2 is 1.56 bits per heavy atom. The van der Waals surface area contributed by atoms with Crippen LogP contribution in [0.3, 0.4) is 0 Å². The van der Waals surface area contributed by atoms with Crippen molar-refractivity contribution in [2.45, 2.75) is 19.6 Å². The second-order valence-electron chi connectivity index (χ2n) is 5.41. The molecule has 2 aromatic rings. The first kappa shape index (κ1) is 20.1. The number of carbonyl (C=O) groups is 1. The molecule has 0 atom stereocenters. The van der Waals surface area contributed by atoms with Crippen molar-refractivity contribution in [1.82, 2.24) is 13.7 Å². The van der Waals surface area contributed by atoms with E-state index in [1.807, 2.05) is 0 Å². The van der Waals surface area contributed by atoms with Crippen molar-refractivity contribution in [3.63, 3.8) is 0 Å². The summed E-state index contributed by atoms with van der Waals surface area (Å²) in [5.41, 5.74) is -2.54. The average molecular weight is 395 g/mol. The summed E-state index contributed by atoms with van der Waals surface area (Å²) in [6.07, 6.45) is 2.63. The molecule has 0 aliphatic carbocycles. The fraction of sp³-hybridized carbons (Fsp3) is 0.176. The van der Waals surface area contributed by atoms with E-state index in [9.17, 15) is 23.6 Å². The van der Waals surface area contributed by atoms with Gasteiger partial charge in [-0.1, -0.05) is 23.8 Å². The molecule has 10 heteroatoms. The maximum absolute atomic E-state index is 13.2. The lowest BCUT2D eigenvalue weighted by Gasteiger charge is -2.12. The van der Waals surface area contributed by atoms with E-state index in [0.29, 0.717) is 4.57 Å². The number of nitrogens with zero attached hydrogens (tertiary/aromatic N) is 3. The topological polar surface area (TPSA) is 95.1 Å². The van der Waals surface area contributed by atoms with E-state index in [-0.39, 0.29) is 23.8 Å². The Labute approximate surface area is 157 Å². The van der Waals surface area contributed by atoms with Crippen molar-refractivity contribution >= 4 is 23.2 Å². The van der Waals surface area contributed by atoms with Crippen LogP contribution in [0.5, 0.6) is 0 Å². The Kier molecular flexibility index (Phi) is 6.30. The average Bonchev–Trinajstić information content (AvgIpc) is 2.62. The van der Waals surface area contributed by atoms with Gasteiger partial charge in [-0.15, -0.1) is 13.2 Å². The van der Waals surface area contributed by atoms with Crippen LogP contribution in [0.15, 0.2) is 57.9 Å². The number of rotatable bonds is 7. The van der Waals surface area contributed by atoms with Gasteiger partial charge in [0.25, 0.3) is 0 Å². The van der Waals surface area contributed by atoms with Crippen molar-refractivity contribution in [2.24, 2.45) is 0 Å². The third kappa shape index (κ3) is 4.32. The Bertz CT molecular complexity index is 1040. The van der Waals surface area contributed by atoms with Gasteiger partial charge in [-0.3, -0.25) is 4.79 Å². The number of benzene rings is 1. The number of carbonyl (C=O) groups excluding carboxylic acids is 1. The minimum Gasteiger partial charge on any atom is -0.324 e. The van der Waals surface area contributed by atoms with Crippen LogP contribution in [0.2, 0.25) is 5.02 Å². The summed E-state index contributed by atoms with van der Waals surface area (Å²) in [5, 5.41) is 2.21. The van der Waals surface area contributed by atoms with Crippen LogP contribution in [0, 0.1) is 5.82 Å². The molecule has 1 aromatic carbocycles. The number of halogens is 2. The number of amides is 1. The molecule has 0 bridgehead atoms. The van der Waals surface area contributed by atoms with Crippen LogP contribution >= 0.6 is 11.6 Å². The molecular weight excluding hydrogens is 379 g/mol. The largest absolute Gasteiger partial charge is 0.337 e. The molecule has 0 unspecified atom stereocenters. The maximum atomic E-state index is 13.2. The number of hydrogen-bond donors (Lipinski definition) is 1. The SMILES string of the molecule is C=CCn1c(=O)n(CC=C)c(=O)n(CC(=O)Nc2ccc(F)c(Cl)c2)c1=O. The molecule has 0 saturated heterocycles. The fourth-order valence-corrected chi connectivity index (χ4v) is 2.49. The minimum atomic E-state index is -0.947. The molecule has 8 nitrogen and oxygen atoms in total. The normalized spacial score (nSPS) is 10.4. The van der Waals surface area contributed by atoms with E-state index in [0.717, 1.165) is 15.2 Å². The van der Waals surface area contributed by atoms with E-state index in [1.165, 1.54) is 24.3 Å². The molecule has 1 heterocycles. The predicted octanol–water partition coefficient (Wildman–Crippen LogP) is 0.975. The molecule has 142 valence electrons. The first-order valence-corrected chi connectivity index (χ1v) is 8.09. The van der Waals surface area contributed by atoms with E-state index in [4.69, 9.17) is 11.6 Å². The maximum Gasteiger partial charge on any atom is 0.337 e. The number of anilines is 1. The van der Waals surface area contributed by atoms with Crippen molar-refractivity contribution in [2.75, 3.05) is 5.32 Å². The number of nitrogens with one attached hydrogen (secondary N) is 1. The summed E-state index contributed by atoms with van der Waals surface area (Å²) in [7, 11) is 0. The van der Waals surface area contributed by atoms with E-state index in [1.54, 1.807) is 0 Å². The Morgan fingerprint density at radius 1 is 1.04 bits per heavy atom. The van der Waals surface area contributed by atoms with Gasteiger partial charge in [-0.2, -0.15) is 0 Å². The lowest BCUT2D eigenvalue weighted by atomic mass is 10.3. The van der Waals surface area contributed by atoms with Gasteiger partial charge in [0.1, 0.15) is 12.4 Å². The molecule has 1 aromatic heterocycles. The summed E-state index contributed by atoms with van der Waals surface area (Å²) in [4.78, 5) is 49.3. The van der Waals surface area contributed by atoms with Gasteiger partial charge in [0.05, 0.1) is 18.1 Å². The van der Waals surface area contributed by atoms with E-state index < -0.39 is 35.3 Å². The van der Waals surface area contributed by atoms with Crippen molar-refractivity contribution < 1.29 is 9.18 Å². The van der Waals surface area contributed by atoms with Crippen LogP contribution in [-0.2, 0) is 24.4 Å². The highest BCUT2D eigenvalue weighted by Gasteiger charge is 2.16. The molecule has 0 saturated carbocycles. The number of aromatic nitrogens is 3. The zero-order chi connectivity index (χ0) is 20.1. The summed E-state index contributed by atoms with van der Waals surface area (Å²) >= 11 is 5.64. The van der Waals surface area contributed by atoms with Crippen LogP contribution in [0.1, 0.15) is 0 Å². The minimum absolute atomic E-state index is 0.135. The first-order valence-electron chi connectivity index (χ1n) is 7.71. The first-order chi connectivity index (χ1) is 12.8. The van der Waals surface area contributed by atoms with Crippen LogP contribution < -0.4 is 22.4 Å². The Balaban J connectivity index is 2.43. The van der Waals surface area contributed by atoms with Gasteiger partial charge >= 0.3 is 17.1 Å². The highest BCUT2D eigenvalue weighted by molar-refractivity contribution is 6.31. The molecule has 0 spiro atoms. The second kappa shape index (κ2) is 8.45. The zero-order valence-corrected chi connectivity index (χ0v) is 14.9.